The van der Waals surface area contributed by atoms with Gasteiger partial charge in [0, 0.05) is 18.7 Å². The number of ether oxygens (including phenoxy) is 1. The van der Waals surface area contributed by atoms with Gasteiger partial charge < -0.3 is 19.8 Å². The number of nitrogens with zero attached hydrogens (tertiary/aromatic N) is 2. The molecule has 51 heavy (non-hydrogen) atoms. The molecule has 258 valence electrons. The lowest BCUT2D eigenvalue weighted by molar-refractivity contribution is 0.0628. The van der Waals surface area contributed by atoms with Crippen LogP contribution in [0.1, 0.15) is 79.0 Å². The molecule has 2 N–H and O–H groups in total. The standard InChI is InChI=1S/C41H37ClN4O5/c1-4-50-38-21-36(42)34(20-35(38)37-18-17-31(51-37)23-44-26(3)29-15-9-25(2)10-16-29)39(47)45-30(19-27-11-13-28(22-43)14-12-27)24-46-40(48)32-7-5-6-8-33(32)41(46)49/h5-18,20-21,26,30,44H,4,19,23-24H2,1-3H3,(H,45,47)/t26?,30-/m1/s1. The van der Waals surface area contributed by atoms with E-state index in [1.807, 2.05) is 19.1 Å². The molecule has 1 unspecified atom stereocenters. The maximum Gasteiger partial charge on any atom is 0.261 e. The Balaban J connectivity index is 1.24. The summed E-state index contributed by atoms with van der Waals surface area (Å²) in [6.45, 7) is 6.78. The minimum atomic E-state index is -0.685. The van der Waals surface area contributed by atoms with Crippen molar-refractivity contribution in [3.63, 3.8) is 0 Å². The van der Waals surface area contributed by atoms with Crippen molar-refractivity contribution in [2.45, 2.75) is 45.8 Å². The predicted octanol–water partition coefficient (Wildman–Crippen LogP) is 7.67. The van der Waals surface area contributed by atoms with E-state index in [2.05, 4.69) is 54.8 Å². The molecule has 1 aromatic heterocycles. The maximum absolute atomic E-state index is 14.0. The van der Waals surface area contributed by atoms with Gasteiger partial charge in [0.1, 0.15) is 17.3 Å². The van der Waals surface area contributed by atoms with E-state index in [1.54, 1.807) is 60.7 Å². The Hall–Kier alpha value is -5.69. The van der Waals surface area contributed by atoms with E-state index in [4.69, 9.17) is 20.8 Å². The molecule has 0 radical (unpaired) electrons. The Bertz CT molecular complexity index is 2080. The fourth-order valence-corrected chi connectivity index (χ4v) is 6.33. The van der Waals surface area contributed by atoms with E-state index in [0.29, 0.717) is 52.7 Å². The molecule has 1 aliphatic heterocycles. The highest BCUT2D eigenvalue weighted by Crippen LogP contribution is 2.36. The van der Waals surface area contributed by atoms with Crippen LogP contribution in [0.15, 0.2) is 101 Å². The molecule has 0 aliphatic carbocycles. The molecular formula is C41H37ClN4O5. The van der Waals surface area contributed by atoms with Gasteiger partial charge >= 0.3 is 0 Å². The number of nitrogens with one attached hydrogen (secondary N) is 2. The van der Waals surface area contributed by atoms with Gasteiger partial charge in [-0.2, -0.15) is 5.26 Å². The van der Waals surface area contributed by atoms with Crippen LogP contribution in [0, 0.1) is 18.3 Å². The Labute approximate surface area is 301 Å². The van der Waals surface area contributed by atoms with Crippen molar-refractivity contribution in [2.75, 3.05) is 13.2 Å². The summed E-state index contributed by atoms with van der Waals surface area (Å²) in [6, 6.07) is 30.4. The zero-order valence-electron chi connectivity index (χ0n) is 28.5. The number of halogens is 1. The highest BCUT2D eigenvalue weighted by molar-refractivity contribution is 6.34. The van der Waals surface area contributed by atoms with Gasteiger partial charge in [0.15, 0.2) is 0 Å². The topological polar surface area (TPSA) is 125 Å². The number of hydrogen-bond acceptors (Lipinski definition) is 7. The first-order valence-corrected chi connectivity index (χ1v) is 17.1. The predicted molar refractivity (Wildman–Crippen MR) is 195 cm³/mol. The molecule has 10 heteroatoms. The van der Waals surface area contributed by atoms with E-state index in [0.717, 1.165) is 10.5 Å². The second-order valence-electron chi connectivity index (χ2n) is 12.5. The van der Waals surface area contributed by atoms with Crippen LogP contribution >= 0.6 is 11.6 Å². The Morgan fingerprint density at radius 1 is 0.941 bits per heavy atom. The van der Waals surface area contributed by atoms with Crippen molar-refractivity contribution < 1.29 is 23.5 Å². The monoisotopic (exact) mass is 700 g/mol. The summed E-state index contributed by atoms with van der Waals surface area (Å²) in [5.41, 5.74) is 5.03. The Morgan fingerprint density at radius 2 is 1.63 bits per heavy atom. The zero-order chi connectivity index (χ0) is 36.1. The molecule has 6 rings (SSSR count). The molecule has 5 aromatic rings. The van der Waals surface area contributed by atoms with Gasteiger partial charge in [-0.25, -0.2) is 0 Å². The van der Waals surface area contributed by atoms with Crippen LogP contribution in [-0.4, -0.2) is 41.8 Å². The van der Waals surface area contributed by atoms with Crippen molar-refractivity contribution >= 4 is 29.3 Å². The molecule has 2 atom stereocenters. The number of carbonyl (C=O) groups excluding carboxylic acids is 3. The second kappa shape index (κ2) is 15.5. The normalized spacial score (nSPS) is 13.4. The quantitative estimate of drug-likeness (QED) is 0.121. The number of nitriles is 1. The number of imide groups is 1. The number of rotatable bonds is 13. The van der Waals surface area contributed by atoms with Gasteiger partial charge in [-0.1, -0.05) is 65.7 Å². The first-order chi connectivity index (χ1) is 24.6. The van der Waals surface area contributed by atoms with Crippen molar-refractivity contribution in [2.24, 2.45) is 0 Å². The van der Waals surface area contributed by atoms with Gasteiger partial charge in [-0.15, -0.1) is 0 Å². The number of carbonyl (C=O) groups is 3. The molecule has 0 spiro atoms. The summed E-state index contributed by atoms with van der Waals surface area (Å²) in [6.07, 6.45) is 0.280. The van der Waals surface area contributed by atoms with Crippen LogP contribution in [0.25, 0.3) is 11.3 Å². The third-order valence-corrected chi connectivity index (χ3v) is 9.19. The average molecular weight is 701 g/mol. The minimum Gasteiger partial charge on any atom is -0.493 e. The molecular weight excluding hydrogens is 664 g/mol. The first-order valence-electron chi connectivity index (χ1n) is 16.8. The molecule has 0 saturated carbocycles. The number of hydrogen-bond donors (Lipinski definition) is 2. The van der Waals surface area contributed by atoms with Gasteiger partial charge in [-0.05, 0) is 80.8 Å². The lowest BCUT2D eigenvalue weighted by Gasteiger charge is -2.24. The van der Waals surface area contributed by atoms with Gasteiger partial charge in [0.2, 0.25) is 0 Å². The van der Waals surface area contributed by atoms with Crippen LogP contribution in [0.5, 0.6) is 5.75 Å². The summed E-state index contributed by atoms with van der Waals surface area (Å²) in [5.74, 6) is 0.320. The van der Waals surface area contributed by atoms with Crippen molar-refractivity contribution in [3.05, 3.63) is 147 Å². The van der Waals surface area contributed by atoms with E-state index in [1.165, 1.54) is 11.1 Å². The highest BCUT2D eigenvalue weighted by Gasteiger charge is 2.37. The molecule has 0 bridgehead atoms. The minimum absolute atomic E-state index is 0.0743. The number of amides is 3. The number of benzene rings is 4. The molecule has 0 fully saturated rings. The second-order valence-corrected chi connectivity index (χ2v) is 12.9. The number of aryl methyl sites for hydroxylation is 1. The maximum atomic E-state index is 14.0. The van der Waals surface area contributed by atoms with Gasteiger partial charge in [0.05, 0.1) is 58.1 Å². The Kier molecular flexibility index (Phi) is 10.7. The van der Waals surface area contributed by atoms with Crippen LogP contribution in [-0.2, 0) is 13.0 Å². The van der Waals surface area contributed by atoms with Crippen LogP contribution < -0.4 is 15.4 Å². The Morgan fingerprint density at radius 3 is 2.27 bits per heavy atom. The zero-order valence-corrected chi connectivity index (χ0v) is 29.3. The average Bonchev–Trinajstić information content (AvgIpc) is 3.70. The van der Waals surface area contributed by atoms with Crippen molar-refractivity contribution in [1.29, 1.82) is 5.26 Å². The third-order valence-electron chi connectivity index (χ3n) is 8.88. The van der Waals surface area contributed by atoms with E-state index < -0.39 is 23.8 Å². The van der Waals surface area contributed by atoms with Crippen LogP contribution in [0.4, 0.5) is 0 Å². The SMILES string of the molecule is CCOc1cc(Cl)c(C(=O)N[C@H](Cc2ccc(C#N)cc2)CN2C(=O)c3ccccc3C2=O)cc1-c1ccc(CNC(C)c2ccc(C)cc2)o1. The molecule has 2 heterocycles. The largest absolute Gasteiger partial charge is 0.493 e. The molecule has 3 amide bonds. The van der Waals surface area contributed by atoms with E-state index in [9.17, 15) is 19.6 Å². The van der Waals surface area contributed by atoms with Crippen molar-refractivity contribution in [3.8, 4) is 23.1 Å². The summed E-state index contributed by atoms with van der Waals surface area (Å²) >= 11 is 6.70. The van der Waals surface area contributed by atoms with Gasteiger partial charge in [0.25, 0.3) is 17.7 Å². The summed E-state index contributed by atoms with van der Waals surface area (Å²) in [4.78, 5) is 41.7. The van der Waals surface area contributed by atoms with E-state index in [-0.39, 0.29) is 29.6 Å². The molecule has 9 nitrogen and oxygen atoms in total. The number of furan rings is 1. The number of fused-ring (bicyclic) bond motifs is 1. The molecule has 0 saturated heterocycles. The summed E-state index contributed by atoms with van der Waals surface area (Å²) < 4.78 is 12.1. The van der Waals surface area contributed by atoms with Gasteiger partial charge in [-0.3, -0.25) is 19.3 Å². The molecule has 1 aliphatic rings. The first kappa shape index (κ1) is 35.1. The smallest absolute Gasteiger partial charge is 0.261 e. The van der Waals surface area contributed by atoms with Crippen LogP contribution in [0.3, 0.4) is 0 Å². The van der Waals surface area contributed by atoms with E-state index >= 15 is 0 Å². The lowest BCUT2D eigenvalue weighted by atomic mass is 10.0. The third kappa shape index (κ3) is 7.88. The lowest BCUT2D eigenvalue weighted by Crippen LogP contribution is -2.47. The fourth-order valence-electron chi connectivity index (χ4n) is 6.09. The highest BCUT2D eigenvalue weighted by atomic mass is 35.5. The summed E-state index contributed by atoms with van der Waals surface area (Å²) in [7, 11) is 0. The van der Waals surface area contributed by atoms with Crippen LogP contribution in [0.2, 0.25) is 5.02 Å². The fraction of sp³-hybridized carbons (Fsp3) is 0.220. The van der Waals surface area contributed by atoms with Crippen molar-refractivity contribution in [1.82, 2.24) is 15.5 Å². The summed E-state index contributed by atoms with van der Waals surface area (Å²) in [5, 5.41) is 15.9. The molecule has 4 aromatic carbocycles.